The standard InChI is InChI=1S/C96H204O4Si5/c1-13-25-37-49-61-73-85-101(86-74-62-50-38-26-14-2,87-75-63-51-39-27-15-3)97-103(91-79-67-55-43-31-19-7,92-80-68-56-44-32-20-8)99-105(95-83-71-59-47-35-23-11,96-84-72-60-48-36-24-12)100-104(93-81-69-57-45-33-21-9,94-82-70-58-46-34-22-10)98-102(88-76-64-52-40-28-16-4,89-77-65-53-41-29-17-5)90-78-66-54-42-30-18-6/h13-96H2,1-12H3. The van der Waals surface area contributed by atoms with E-state index in [1.165, 1.54) is 535 Å². The molecule has 105 heavy (non-hydrogen) atoms. The van der Waals surface area contributed by atoms with E-state index in [1.54, 1.807) is 0 Å². The van der Waals surface area contributed by atoms with Crippen molar-refractivity contribution in [3.05, 3.63) is 0 Å². The average Bonchev–Trinajstić information content (AvgIpc) is 0.768. The van der Waals surface area contributed by atoms with Gasteiger partial charge in [0, 0.05) is 0 Å². The van der Waals surface area contributed by atoms with Crippen molar-refractivity contribution in [1.29, 1.82) is 0 Å². The Morgan fingerprint density at radius 3 is 0.324 bits per heavy atom. The Morgan fingerprint density at radius 2 is 0.200 bits per heavy atom. The van der Waals surface area contributed by atoms with Gasteiger partial charge in [-0.3, -0.25) is 0 Å². The Bertz CT molecular complexity index is 1440. The predicted molar refractivity (Wildman–Crippen MR) is 491 cm³/mol. The largest absolute Gasteiger partial charge is 0.436 e. The monoisotopic (exact) mass is 1560 g/mol. The summed E-state index contributed by atoms with van der Waals surface area (Å²) < 4.78 is 38.0. The summed E-state index contributed by atoms with van der Waals surface area (Å²) in [7, 11) is -13.9. The fourth-order valence-corrected chi connectivity index (χ4v) is 51.0. The first-order valence-electron chi connectivity index (χ1n) is 50.4. The van der Waals surface area contributed by atoms with Crippen molar-refractivity contribution in [3.8, 4) is 0 Å². The van der Waals surface area contributed by atoms with Gasteiger partial charge in [-0.1, -0.05) is 545 Å². The summed E-state index contributed by atoms with van der Waals surface area (Å²) >= 11 is 0. The van der Waals surface area contributed by atoms with Crippen molar-refractivity contribution in [2.45, 2.75) is 618 Å². The maximum atomic E-state index is 9.61. The molecule has 0 rings (SSSR count). The maximum absolute atomic E-state index is 9.61. The molecule has 0 atom stereocenters. The first kappa shape index (κ1) is 106. The molecule has 0 saturated heterocycles. The van der Waals surface area contributed by atoms with Gasteiger partial charge in [-0.15, -0.1) is 0 Å². The van der Waals surface area contributed by atoms with Crippen molar-refractivity contribution in [1.82, 2.24) is 0 Å². The van der Waals surface area contributed by atoms with Gasteiger partial charge in [-0.05, 0) is 72.5 Å². The quantitative estimate of drug-likeness (QED) is 0.0449. The van der Waals surface area contributed by atoms with Gasteiger partial charge in [0.2, 0.25) is 0 Å². The lowest BCUT2D eigenvalue weighted by atomic mass is 10.1. The van der Waals surface area contributed by atoms with Crippen LogP contribution in [0, 0.1) is 0 Å². The molecule has 0 aromatic rings. The number of unbranched alkanes of at least 4 members (excludes halogenated alkanes) is 60. The minimum Gasteiger partial charge on any atom is -0.436 e. The topological polar surface area (TPSA) is 36.9 Å². The highest BCUT2D eigenvalue weighted by molar-refractivity contribution is 6.93. The zero-order valence-corrected chi connectivity index (χ0v) is 80.5. The zero-order valence-electron chi connectivity index (χ0n) is 75.5. The minimum atomic E-state index is -3.13. The van der Waals surface area contributed by atoms with Crippen LogP contribution < -0.4 is 0 Å². The maximum Gasteiger partial charge on any atom is 0.320 e. The molecule has 0 heterocycles. The molecule has 0 aromatic heterocycles. The first-order valence-corrected chi connectivity index (χ1v) is 62.1. The molecule has 0 aliphatic heterocycles. The minimum absolute atomic E-state index is 1.20. The van der Waals surface area contributed by atoms with Gasteiger partial charge < -0.3 is 16.5 Å². The summed E-state index contributed by atoms with van der Waals surface area (Å²) in [6.45, 7) is 29.1. The van der Waals surface area contributed by atoms with E-state index in [-0.39, 0.29) is 0 Å². The van der Waals surface area contributed by atoms with E-state index in [0.29, 0.717) is 0 Å². The second-order valence-corrected chi connectivity index (χ2v) is 55.2. The third kappa shape index (κ3) is 62.9. The summed E-state index contributed by atoms with van der Waals surface area (Å²) in [5.41, 5.74) is 0. The molecule has 0 amide bonds. The van der Waals surface area contributed by atoms with Gasteiger partial charge in [0.25, 0.3) is 0 Å². The third-order valence-corrected chi connectivity index (χ3v) is 51.6. The second kappa shape index (κ2) is 80.1. The van der Waals surface area contributed by atoms with E-state index in [0.717, 1.165) is 0 Å². The zero-order chi connectivity index (χ0) is 76.7. The van der Waals surface area contributed by atoms with Crippen LogP contribution >= 0.6 is 0 Å². The molecule has 0 N–H and O–H groups in total. The Hall–Kier alpha value is 0.924. The summed E-state index contributed by atoms with van der Waals surface area (Å²) in [4.78, 5) is 0. The summed E-state index contributed by atoms with van der Waals surface area (Å²) in [6.07, 6.45) is 98.6. The van der Waals surface area contributed by atoms with Crippen molar-refractivity contribution < 1.29 is 16.5 Å². The molecule has 0 aromatic carbocycles. The Balaban J connectivity index is 10.0. The lowest BCUT2D eigenvalue weighted by molar-refractivity contribution is 0.257. The molecular formula is C96H204O4Si5. The van der Waals surface area contributed by atoms with Crippen molar-refractivity contribution in [2.75, 3.05) is 0 Å². The van der Waals surface area contributed by atoms with Gasteiger partial charge in [-0.2, -0.15) is 0 Å². The van der Waals surface area contributed by atoms with Crippen LogP contribution in [0.4, 0.5) is 0 Å². The van der Waals surface area contributed by atoms with Crippen LogP contribution in [0.5, 0.6) is 0 Å². The second-order valence-electron chi connectivity index (χ2n) is 35.7. The normalized spacial score (nSPS) is 12.7. The Labute approximate surface area is 672 Å². The molecule has 0 radical (unpaired) electrons. The van der Waals surface area contributed by atoms with Crippen LogP contribution in [0.3, 0.4) is 0 Å². The molecule has 0 fully saturated rings. The van der Waals surface area contributed by atoms with Crippen molar-refractivity contribution in [2.24, 2.45) is 0 Å². The van der Waals surface area contributed by atoms with Crippen molar-refractivity contribution >= 4 is 42.3 Å². The predicted octanol–water partition coefficient (Wildman–Crippen LogP) is 37.6. The summed E-state index contributed by atoms with van der Waals surface area (Å²) in [6, 6.07) is 15.7. The molecule has 0 unspecified atom stereocenters. The van der Waals surface area contributed by atoms with E-state index in [2.05, 4.69) is 83.1 Å². The van der Waals surface area contributed by atoms with Crippen LogP contribution in [0.15, 0.2) is 0 Å². The first-order chi connectivity index (χ1) is 51.6. The van der Waals surface area contributed by atoms with Gasteiger partial charge in [0.15, 0.2) is 16.6 Å². The number of rotatable bonds is 92. The molecule has 0 bridgehead atoms. The molecule has 9 heteroatoms. The molecule has 4 nitrogen and oxygen atoms in total. The summed E-state index contributed by atoms with van der Waals surface area (Å²) in [5.74, 6) is 0. The van der Waals surface area contributed by atoms with Crippen LogP contribution in [0.25, 0.3) is 0 Å². The molecular weight excluding hydrogens is 1360 g/mol. The Morgan fingerprint density at radius 1 is 0.105 bits per heavy atom. The van der Waals surface area contributed by atoms with E-state index < -0.39 is 42.3 Å². The van der Waals surface area contributed by atoms with Gasteiger partial charge in [0.05, 0.1) is 0 Å². The molecule has 632 valence electrons. The lowest BCUT2D eigenvalue weighted by Crippen LogP contribution is -2.65. The van der Waals surface area contributed by atoms with E-state index in [4.69, 9.17) is 0 Å². The SMILES string of the molecule is CCCCCCCC[Si](CCCCCCCC)(CCCCCCCC)O[Si](CCCCCCCC)(CCCCCCCC)O[Si](CCCCCCCC)(CCCCCCCC)O[Si](CCCCCCCC)(CCCCCCCC)O[Si](CCCCCCCC)(CCCCCCCC)CCCCCCCC. The molecule has 0 spiro atoms. The fourth-order valence-electron chi connectivity index (χ4n) is 18.0. The highest BCUT2D eigenvalue weighted by atomic mass is 28.5. The van der Waals surface area contributed by atoms with Gasteiger partial charge in [-0.25, -0.2) is 0 Å². The number of hydrogen-bond donors (Lipinski definition) is 0. The van der Waals surface area contributed by atoms with Crippen LogP contribution in [0.1, 0.15) is 545 Å². The molecule has 0 saturated carbocycles. The van der Waals surface area contributed by atoms with Crippen molar-refractivity contribution in [3.63, 3.8) is 0 Å². The smallest absolute Gasteiger partial charge is 0.320 e. The number of hydrogen-bond acceptors (Lipinski definition) is 4. The third-order valence-electron chi connectivity index (χ3n) is 24.9. The highest BCUT2D eigenvalue weighted by Crippen LogP contribution is 2.46. The van der Waals surface area contributed by atoms with Crippen LogP contribution in [-0.4, -0.2) is 42.3 Å². The van der Waals surface area contributed by atoms with E-state index >= 15 is 0 Å². The van der Waals surface area contributed by atoms with E-state index in [9.17, 15) is 16.5 Å². The molecule has 0 aliphatic carbocycles. The Kier molecular flexibility index (Phi) is 80.8. The van der Waals surface area contributed by atoms with Crippen LogP contribution in [0.2, 0.25) is 72.5 Å². The summed E-state index contributed by atoms with van der Waals surface area (Å²) in [5, 5.41) is 0. The van der Waals surface area contributed by atoms with Gasteiger partial charge >= 0.3 is 25.7 Å². The highest BCUT2D eigenvalue weighted by Gasteiger charge is 2.57. The fraction of sp³-hybridized carbons (Fsp3) is 1.00. The average molecular weight is 1560 g/mol. The van der Waals surface area contributed by atoms with Crippen LogP contribution in [-0.2, 0) is 16.5 Å². The molecule has 0 aliphatic rings. The van der Waals surface area contributed by atoms with E-state index in [1.807, 2.05) is 0 Å². The van der Waals surface area contributed by atoms with Gasteiger partial charge in [0.1, 0.15) is 0 Å². The lowest BCUT2D eigenvalue weighted by Gasteiger charge is -2.51.